The number of amides is 1. The lowest BCUT2D eigenvalue weighted by Gasteiger charge is -2.31. The van der Waals surface area contributed by atoms with Gasteiger partial charge in [-0.15, -0.1) is 0 Å². The fourth-order valence-electron chi connectivity index (χ4n) is 2.00. The van der Waals surface area contributed by atoms with E-state index < -0.39 is 0 Å². The van der Waals surface area contributed by atoms with E-state index in [4.69, 9.17) is 0 Å². The van der Waals surface area contributed by atoms with E-state index in [1.807, 2.05) is 26.2 Å². The molecule has 1 aromatic heterocycles. The molecule has 18 heavy (non-hydrogen) atoms. The number of carbonyl (C=O) groups excluding carboxylic acids is 1. The van der Waals surface area contributed by atoms with E-state index in [1.165, 1.54) is 0 Å². The van der Waals surface area contributed by atoms with Crippen molar-refractivity contribution in [2.45, 2.75) is 13.5 Å². The number of likely N-dealkylation sites (N-methyl/N-ethyl adjacent to an activating group) is 1. The highest BCUT2D eigenvalue weighted by molar-refractivity contribution is 5.78. The van der Waals surface area contributed by atoms with Crippen LogP contribution in [0.1, 0.15) is 12.5 Å². The molecule has 1 fully saturated rings. The predicted octanol–water partition coefficient (Wildman–Crippen LogP) is 0.787. The summed E-state index contributed by atoms with van der Waals surface area (Å²) in [6.45, 7) is 5.95. The van der Waals surface area contributed by atoms with E-state index in [0.717, 1.165) is 37.6 Å². The Hall–Kier alpha value is -1.62. The minimum atomic E-state index is 0.193. The fourth-order valence-corrected chi connectivity index (χ4v) is 2.00. The van der Waals surface area contributed by atoms with E-state index in [9.17, 15) is 4.79 Å². The van der Waals surface area contributed by atoms with Crippen molar-refractivity contribution < 1.29 is 4.79 Å². The minimum absolute atomic E-state index is 0.193. The molecule has 2 heterocycles. The van der Waals surface area contributed by atoms with E-state index in [1.54, 1.807) is 4.90 Å². The number of rotatable bonds is 4. The van der Waals surface area contributed by atoms with Crippen molar-refractivity contribution >= 4 is 11.7 Å². The van der Waals surface area contributed by atoms with Gasteiger partial charge in [0.05, 0.1) is 6.54 Å². The average molecular weight is 248 g/mol. The molecule has 5 heteroatoms. The van der Waals surface area contributed by atoms with Crippen LogP contribution in [-0.4, -0.2) is 53.9 Å². The van der Waals surface area contributed by atoms with Gasteiger partial charge in [-0.1, -0.05) is 6.07 Å². The summed E-state index contributed by atoms with van der Waals surface area (Å²) in [5.41, 5.74) is 1.15. The van der Waals surface area contributed by atoms with Crippen LogP contribution in [0.25, 0.3) is 0 Å². The average Bonchev–Trinajstić information content (AvgIpc) is 2.37. The van der Waals surface area contributed by atoms with Crippen LogP contribution in [0.15, 0.2) is 18.3 Å². The topological polar surface area (TPSA) is 48.5 Å². The summed E-state index contributed by atoms with van der Waals surface area (Å²) in [6.07, 6.45) is 1.88. The van der Waals surface area contributed by atoms with Crippen molar-refractivity contribution in [2.75, 3.05) is 38.5 Å². The molecule has 98 valence electrons. The third-order valence-corrected chi connectivity index (χ3v) is 3.13. The molecule has 0 unspecified atom stereocenters. The number of piperazine rings is 1. The van der Waals surface area contributed by atoms with Crippen LogP contribution >= 0.6 is 0 Å². The van der Waals surface area contributed by atoms with E-state index in [-0.39, 0.29) is 5.91 Å². The molecular weight excluding hydrogens is 228 g/mol. The lowest BCUT2D eigenvalue weighted by molar-refractivity contribution is -0.134. The molecule has 0 bridgehead atoms. The van der Waals surface area contributed by atoms with Gasteiger partial charge in [0.2, 0.25) is 5.91 Å². The summed E-state index contributed by atoms with van der Waals surface area (Å²) in [7, 11) is 1.85. The van der Waals surface area contributed by atoms with E-state index in [0.29, 0.717) is 6.54 Å². The van der Waals surface area contributed by atoms with Gasteiger partial charge in [-0.05, 0) is 18.6 Å². The first-order valence-electron chi connectivity index (χ1n) is 6.34. The second kappa shape index (κ2) is 5.82. The van der Waals surface area contributed by atoms with Crippen LogP contribution in [0, 0.1) is 0 Å². The summed E-state index contributed by atoms with van der Waals surface area (Å²) < 4.78 is 0. The predicted molar refractivity (Wildman–Crippen MR) is 71.3 cm³/mol. The van der Waals surface area contributed by atoms with Crippen molar-refractivity contribution in [3.63, 3.8) is 0 Å². The van der Waals surface area contributed by atoms with Gasteiger partial charge in [-0.2, -0.15) is 0 Å². The summed E-state index contributed by atoms with van der Waals surface area (Å²) in [5.74, 6) is 1.09. The van der Waals surface area contributed by atoms with E-state index >= 15 is 0 Å². The lowest BCUT2D eigenvalue weighted by atomic mass is 10.2. The highest BCUT2D eigenvalue weighted by Crippen LogP contribution is 2.10. The van der Waals surface area contributed by atoms with Crippen molar-refractivity contribution in [1.29, 1.82) is 0 Å². The second-order valence-electron chi connectivity index (χ2n) is 4.61. The van der Waals surface area contributed by atoms with Gasteiger partial charge in [0.25, 0.3) is 0 Å². The molecule has 5 nitrogen and oxygen atoms in total. The first kappa shape index (κ1) is 12.8. The van der Waals surface area contributed by atoms with Crippen LogP contribution in [-0.2, 0) is 11.3 Å². The number of carbonyl (C=O) groups is 1. The first-order chi connectivity index (χ1) is 8.69. The van der Waals surface area contributed by atoms with Gasteiger partial charge in [0.1, 0.15) is 5.82 Å². The van der Waals surface area contributed by atoms with Crippen LogP contribution in [0.2, 0.25) is 0 Å². The zero-order valence-electron chi connectivity index (χ0n) is 11.0. The normalized spacial score (nSPS) is 17.0. The largest absolute Gasteiger partial charge is 0.370 e. The van der Waals surface area contributed by atoms with Gasteiger partial charge >= 0.3 is 0 Å². The van der Waals surface area contributed by atoms with Crippen molar-refractivity contribution in [3.8, 4) is 0 Å². The Labute approximate surface area is 108 Å². The third kappa shape index (κ3) is 3.20. The highest BCUT2D eigenvalue weighted by Gasteiger charge is 2.20. The van der Waals surface area contributed by atoms with Crippen molar-refractivity contribution in [2.24, 2.45) is 0 Å². The molecule has 1 N–H and O–H groups in total. The summed E-state index contributed by atoms with van der Waals surface area (Å²) in [4.78, 5) is 19.9. The smallest absolute Gasteiger partial charge is 0.236 e. The van der Waals surface area contributed by atoms with Gasteiger partial charge < -0.3 is 10.2 Å². The fraction of sp³-hybridized carbons (Fsp3) is 0.538. The monoisotopic (exact) mass is 248 g/mol. The molecule has 1 saturated heterocycles. The van der Waals surface area contributed by atoms with Gasteiger partial charge in [-0.25, -0.2) is 4.98 Å². The maximum absolute atomic E-state index is 11.6. The zero-order valence-corrected chi connectivity index (χ0v) is 11.0. The number of nitrogens with one attached hydrogen (secondary N) is 1. The lowest BCUT2D eigenvalue weighted by Crippen LogP contribution is -2.47. The number of pyridine rings is 1. The molecule has 0 radical (unpaired) electrons. The second-order valence-corrected chi connectivity index (χ2v) is 4.61. The molecule has 1 aliphatic rings. The molecular formula is C13H20N4O. The molecule has 0 aromatic carbocycles. The first-order valence-corrected chi connectivity index (χ1v) is 6.34. The molecule has 2 rings (SSSR count). The quantitative estimate of drug-likeness (QED) is 0.856. The van der Waals surface area contributed by atoms with E-state index in [2.05, 4.69) is 21.3 Å². The van der Waals surface area contributed by atoms with Crippen molar-refractivity contribution in [1.82, 2.24) is 14.8 Å². The number of hydrogen-bond acceptors (Lipinski definition) is 4. The maximum Gasteiger partial charge on any atom is 0.236 e. The molecule has 1 aliphatic heterocycles. The molecule has 1 amide bonds. The van der Waals surface area contributed by atoms with Crippen LogP contribution < -0.4 is 5.32 Å². The zero-order chi connectivity index (χ0) is 13.0. The highest BCUT2D eigenvalue weighted by atomic mass is 16.2. The molecule has 0 atom stereocenters. The Balaban J connectivity index is 1.91. The summed E-state index contributed by atoms with van der Waals surface area (Å²) >= 11 is 0. The Morgan fingerprint density at radius 2 is 2.22 bits per heavy atom. The molecule has 0 aliphatic carbocycles. The number of hydrogen-bond donors (Lipinski definition) is 1. The molecule has 0 saturated carbocycles. The summed E-state index contributed by atoms with van der Waals surface area (Å²) in [5, 5.41) is 3.17. The Bertz CT molecular complexity index is 404. The van der Waals surface area contributed by atoms with Crippen LogP contribution in [0.5, 0.6) is 0 Å². The van der Waals surface area contributed by atoms with Crippen LogP contribution in [0.3, 0.4) is 0 Å². The summed E-state index contributed by atoms with van der Waals surface area (Å²) in [6, 6.07) is 4.05. The Kier molecular flexibility index (Phi) is 4.15. The maximum atomic E-state index is 11.6. The Morgan fingerprint density at radius 3 is 2.83 bits per heavy atom. The molecule has 0 spiro atoms. The van der Waals surface area contributed by atoms with Crippen LogP contribution in [0.4, 0.5) is 5.82 Å². The van der Waals surface area contributed by atoms with Gasteiger partial charge in [0, 0.05) is 39.4 Å². The third-order valence-electron chi connectivity index (χ3n) is 3.13. The number of nitrogens with zero attached hydrogens (tertiary/aromatic N) is 3. The SMILES string of the molecule is CCNc1ccc(CN2CCN(C)C(=O)C2)cn1. The van der Waals surface area contributed by atoms with Crippen molar-refractivity contribution in [3.05, 3.63) is 23.9 Å². The number of anilines is 1. The molecule has 1 aromatic rings. The number of aromatic nitrogens is 1. The minimum Gasteiger partial charge on any atom is -0.370 e. The van der Waals surface area contributed by atoms with Gasteiger partial charge in [0.15, 0.2) is 0 Å². The standard InChI is InChI=1S/C13H20N4O/c1-3-14-12-5-4-11(8-15-12)9-17-7-6-16(2)13(18)10-17/h4-5,8H,3,6-7,9-10H2,1-2H3,(H,14,15). The Morgan fingerprint density at radius 1 is 1.39 bits per heavy atom. The van der Waals surface area contributed by atoms with Gasteiger partial charge in [-0.3, -0.25) is 9.69 Å².